The number of nitrogens with one attached hydrogen (secondary N) is 2. The molecule has 1 aromatic carbocycles. The molecule has 1 saturated heterocycles. The molecule has 1 fully saturated rings. The summed E-state index contributed by atoms with van der Waals surface area (Å²) in [6.07, 6.45) is -0.0863. The zero-order chi connectivity index (χ0) is 20.1. The Morgan fingerprint density at radius 3 is 2.59 bits per heavy atom. The number of hydrogen-bond acceptors (Lipinski definition) is 5. The summed E-state index contributed by atoms with van der Waals surface area (Å²) in [7, 11) is -0.825. The second kappa shape index (κ2) is 9.70. The minimum Gasteiger partial charge on any atom is -0.506 e. The van der Waals surface area contributed by atoms with Gasteiger partial charge in [-0.15, -0.1) is 0 Å². The van der Waals surface area contributed by atoms with Crippen molar-refractivity contribution in [1.82, 2.24) is 10.6 Å². The lowest BCUT2D eigenvalue weighted by Crippen LogP contribution is -2.50. The molecule has 2 amide bonds. The standard InChI is InChI=1S/C17H21BBr2N2O5/c1-9(2)6-14(18-26-10(3)17(25)27-18)22-15(23)8-21-16(24)12-7-11(19)4-5-13(12)20/h4-5,7,9-10,14H,6,8H2,1-3H3,(H,21,24)(H,22,23)/t10-,14?/m0/s1. The third-order valence-electron chi connectivity index (χ3n) is 3.89. The quantitative estimate of drug-likeness (QED) is 0.557. The molecule has 0 bridgehead atoms. The predicted octanol–water partition coefficient (Wildman–Crippen LogP) is 2.46. The fourth-order valence-corrected chi connectivity index (χ4v) is 3.39. The Kier molecular flexibility index (Phi) is 7.87. The van der Waals surface area contributed by atoms with Crippen molar-refractivity contribution in [2.24, 2.45) is 5.92 Å². The molecule has 1 unspecified atom stereocenters. The summed E-state index contributed by atoms with van der Waals surface area (Å²) in [5.41, 5.74) is 0.415. The van der Waals surface area contributed by atoms with Crippen LogP contribution in [0, 0.1) is 5.92 Å². The normalized spacial score (nSPS) is 17.6. The summed E-state index contributed by atoms with van der Waals surface area (Å²) < 4.78 is 12.0. The Bertz CT molecular complexity index is 731. The van der Waals surface area contributed by atoms with Crippen molar-refractivity contribution in [2.45, 2.75) is 39.2 Å². The average Bonchev–Trinajstić information content (AvgIpc) is 2.93. The van der Waals surface area contributed by atoms with Gasteiger partial charge in [-0.1, -0.05) is 29.8 Å². The molecule has 146 valence electrons. The van der Waals surface area contributed by atoms with Gasteiger partial charge in [0, 0.05) is 8.95 Å². The molecule has 1 aliphatic heterocycles. The molecule has 0 aromatic heterocycles. The first kappa shape index (κ1) is 21.9. The van der Waals surface area contributed by atoms with E-state index in [4.69, 9.17) is 9.31 Å². The maximum Gasteiger partial charge on any atom is 0.552 e. The van der Waals surface area contributed by atoms with Gasteiger partial charge in [-0.3, -0.25) is 14.4 Å². The molecule has 0 aliphatic carbocycles. The van der Waals surface area contributed by atoms with Crippen LogP contribution in [-0.4, -0.2) is 43.5 Å². The van der Waals surface area contributed by atoms with Crippen molar-refractivity contribution >= 4 is 56.8 Å². The lowest BCUT2D eigenvalue weighted by molar-refractivity contribution is -0.135. The van der Waals surface area contributed by atoms with Crippen LogP contribution >= 0.6 is 31.9 Å². The van der Waals surface area contributed by atoms with Gasteiger partial charge in [0.1, 0.15) is 6.10 Å². The van der Waals surface area contributed by atoms with Crippen molar-refractivity contribution in [2.75, 3.05) is 6.54 Å². The summed E-state index contributed by atoms with van der Waals surface area (Å²) in [4.78, 5) is 36.2. The van der Waals surface area contributed by atoms with Gasteiger partial charge in [-0.05, 0) is 53.4 Å². The van der Waals surface area contributed by atoms with Crippen molar-refractivity contribution in [3.63, 3.8) is 0 Å². The first-order chi connectivity index (χ1) is 12.7. The number of benzene rings is 1. The van der Waals surface area contributed by atoms with Crippen LogP contribution in [0.3, 0.4) is 0 Å². The van der Waals surface area contributed by atoms with Crippen molar-refractivity contribution in [1.29, 1.82) is 0 Å². The van der Waals surface area contributed by atoms with Gasteiger partial charge in [-0.2, -0.15) is 0 Å². The van der Waals surface area contributed by atoms with E-state index in [1.807, 2.05) is 13.8 Å². The highest BCUT2D eigenvalue weighted by Crippen LogP contribution is 2.21. The summed E-state index contributed by atoms with van der Waals surface area (Å²) >= 11 is 6.63. The van der Waals surface area contributed by atoms with Crippen LogP contribution in [0.25, 0.3) is 0 Å². The number of rotatable bonds is 7. The zero-order valence-electron chi connectivity index (χ0n) is 15.3. The fraction of sp³-hybridized carbons (Fsp3) is 0.471. The summed E-state index contributed by atoms with van der Waals surface area (Å²) in [5.74, 6) is -1.45. The van der Waals surface area contributed by atoms with E-state index in [9.17, 15) is 14.4 Å². The van der Waals surface area contributed by atoms with E-state index in [1.54, 1.807) is 25.1 Å². The van der Waals surface area contributed by atoms with Crippen LogP contribution in [0.1, 0.15) is 37.6 Å². The molecule has 7 nitrogen and oxygen atoms in total. The molecule has 0 spiro atoms. The maximum absolute atomic E-state index is 12.3. The largest absolute Gasteiger partial charge is 0.552 e. The van der Waals surface area contributed by atoms with Crippen molar-refractivity contribution < 1.29 is 23.7 Å². The van der Waals surface area contributed by atoms with Crippen LogP contribution in [0.15, 0.2) is 27.1 Å². The van der Waals surface area contributed by atoms with E-state index in [1.165, 1.54) is 0 Å². The molecule has 10 heteroatoms. The molecule has 1 heterocycles. The first-order valence-corrected chi connectivity index (χ1v) is 10.1. The summed E-state index contributed by atoms with van der Waals surface area (Å²) in [6, 6.07) is 5.20. The van der Waals surface area contributed by atoms with Gasteiger partial charge in [0.25, 0.3) is 5.91 Å². The second-order valence-electron chi connectivity index (χ2n) is 6.69. The van der Waals surface area contributed by atoms with Crippen LogP contribution in [-0.2, 0) is 18.9 Å². The van der Waals surface area contributed by atoms with Gasteiger partial charge >= 0.3 is 13.1 Å². The third-order valence-corrected chi connectivity index (χ3v) is 5.07. The summed E-state index contributed by atoms with van der Waals surface area (Å²) in [6.45, 7) is 5.38. The Balaban J connectivity index is 1.94. The number of halogens is 2. The van der Waals surface area contributed by atoms with E-state index in [0.29, 0.717) is 16.5 Å². The monoisotopic (exact) mass is 502 g/mol. The number of amides is 2. The summed E-state index contributed by atoms with van der Waals surface area (Å²) in [5, 5.41) is 5.37. The Morgan fingerprint density at radius 2 is 2.00 bits per heavy atom. The molecule has 27 heavy (non-hydrogen) atoms. The van der Waals surface area contributed by atoms with Crippen molar-refractivity contribution in [3.05, 3.63) is 32.7 Å². The number of hydrogen-bond donors (Lipinski definition) is 2. The lowest BCUT2D eigenvalue weighted by Gasteiger charge is -2.21. The molecule has 2 rings (SSSR count). The van der Waals surface area contributed by atoms with Crippen LogP contribution in [0.5, 0.6) is 0 Å². The van der Waals surface area contributed by atoms with E-state index in [-0.39, 0.29) is 24.3 Å². The highest BCUT2D eigenvalue weighted by molar-refractivity contribution is 9.11. The van der Waals surface area contributed by atoms with Gasteiger partial charge in [-0.25, -0.2) is 0 Å². The average molecular weight is 504 g/mol. The van der Waals surface area contributed by atoms with E-state index in [2.05, 4.69) is 42.5 Å². The molecule has 0 saturated carbocycles. The van der Waals surface area contributed by atoms with Crippen LogP contribution in [0.4, 0.5) is 0 Å². The van der Waals surface area contributed by atoms with Gasteiger partial charge in [0.15, 0.2) is 0 Å². The lowest BCUT2D eigenvalue weighted by atomic mass is 9.74. The van der Waals surface area contributed by atoms with E-state index < -0.39 is 25.1 Å². The Labute approximate surface area is 175 Å². The molecular weight excluding hydrogens is 483 g/mol. The number of carbonyl (C=O) groups is 3. The highest BCUT2D eigenvalue weighted by Gasteiger charge is 2.44. The molecule has 2 N–H and O–H groups in total. The Hall–Kier alpha value is -1.39. The topological polar surface area (TPSA) is 93.7 Å². The zero-order valence-corrected chi connectivity index (χ0v) is 18.4. The third kappa shape index (κ3) is 6.32. The second-order valence-corrected chi connectivity index (χ2v) is 8.46. The van der Waals surface area contributed by atoms with Crippen molar-refractivity contribution in [3.8, 4) is 0 Å². The van der Waals surface area contributed by atoms with E-state index in [0.717, 1.165) is 4.47 Å². The predicted molar refractivity (Wildman–Crippen MR) is 108 cm³/mol. The number of carbonyl (C=O) groups excluding carboxylic acids is 3. The molecule has 0 radical (unpaired) electrons. The fourth-order valence-electron chi connectivity index (χ4n) is 2.60. The van der Waals surface area contributed by atoms with Gasteiger partial charge < -0.3 is 19.9 Å². The van der Waals surface area contributed by atoms with Gasteiger partial charge in [0.2, 0.25) is 5.91 Å². The smallest absolute Gasteiger partial charge is 0.506 e. The molecule has 1 aliphatic rings. The minimum absolute atomic E-state index is 0.206. The van der Waals surface area contributed by atoms with Crippen LogP contribution < -0.4 is 10.6 Å². The molecule has 1 aromatic rings. The first-order valence-electron chi connectivity index (χ1n) is 8.56. The maximum atomic E-state index is 12.3. The highest BCUT2D eigenvalue weighted by atomic mass is 79.9. The van der Waals surface area contributed by atoms with E-state index >= 15 is 0 Å². The molecular formula is C17H21BBr2N2O5. The van der Waals surface area contributed by atoms with Gasteiger partial charge in [0.05, 0.1) is 18.0 Å². The van der Waals surface area contributed by atoms with Crippen LogP contribution in [0.2, 0.25) is 0 Å². The minimum atomic E-state index is -0.825. The molecule has 2 atom stereocenters. The Morgan fingerprint density at radius 1 is 1.30 bits per heavy atom. The SMILES string of the molecule is CC(C)CC(NC(=O)CNC(=O)c1cc(Br)ccc1Br)B1OC(=O)[C@H](C)O1.